The molecule has 0 aromatic heterocycles. The van der Waals surface area contributed by atoms with Crippen LogP contribution >= 0.6 is 0 Å². The third-order valence-corrected chi connectivity index (χ3v) is 4.27. The first-order valence-corrected chi connectivity index (χ1v) is 8.79. The highest BCUT2D eigenvalue weighted by atomic mass is 15.2. The molecule has 136 valence electrons. The minimum Gasteiger partial charge on any atom is -0.353 e. The molecule has 2 rings (SSSR count). The number of aliphatic imine (C=N–C) groups is 2. The quantitative estimate of drug-likeness (QED) is 0.511. The Kier molecular flexibility index (Phi) is 7.79. The lowest BCUT2D eigenvalue weighted by Crippen LogP contribution is -2.35. The van der Waals surface area contributed by atoms with E-state index < -0.39 is 0 Å². The largest absolute Gasteiger partial charge is 0.353 e. The van der Waals surface area contributed by atoms with Crippen molar-refractivity contribution in [2.45, 2.75) is 25.3 Å². The van der Waals surface area contributed by atoms with Crippen LogP contribution in [0.1, 0.15) is 30.4 Å². The van der Waals surface area contributed by atoms with Crippen molar-refractivity contribution in [1.82, 2.24) is 10.2 Å². The summed E-state index contributed by atoms with van der Waals surface area (Å²) in [5.74, 6) is 6.94. The summed E-state index contributed by atoms with van der Waals surface area (Å²) < 4.78 is 0. The average Bonchev–Trinajstić information content (AvgIpc) is 2.83. The normalized spacial score (nSPS) is 18.1. The van der Waals surface area contributed by atoms with Crippen LogP contribution in [0.2, 0.25) is 0 Å². The van der Waals surface area contributed by atoms with Gasteiger partial charge < -0.3 is 10.2 Å². The Morgan fingerprint density at radius 3 is 2.44 bits per heavy atom. The smallest absolute Gasteiger partial charge is 0.182 e. The van der Waals surface area contributed by atoms with Crippen LogP contribution in [0, 0.1) is 34.5 Å². The van der Waals surface area contributed by atoms with E-state index >= 15 is 0 Å². The summed E-state index contributed by atoms with van der Waals surface area (Å²) in [6.45, 7) is 9.18. The van der Waals surface area contributed by atoms with Gasteiger partial charge in [-0.3, -0.25) is 0 Å². The van der Waals surface area contributed by atoms with Crippen LogP contribution in [-0.2, 0) is 0 Å². The number of nitriles is 2. The van der Waals surface area contributed by atoms with Gasteiger partial charge in [-0.15, -0.1) is 0 Å². The first-order chi connectivity index (χ1) is 13.2. The first kappa shape index (κ1) is 19.9. The fourth-order valence-electron chi connectivity index (χ4n) is 2.85. The molecule has 1 aromatic carbocycles. The Morgan fingerprint density at radius 2 is 1.81 bits per heavy atom. The number of hydrogen-bond acceptors (Lipinski definition) is 6. The van der Waals surface area contributed by atoms with E-state index in [0.29, 0.717) is 24.5 Å². The van der Waals surface area contributed by atoms with Crippen molar-refractivity contribution >= 4 is 13.4 Å². The third kappa shape index (κ3) is 5.82. The SMILES string of the molecule is C=N/C(C#N)=C(\N=C)N1CCCCC(C#Cc2ccc(C#N)cc2)NCC1. The van der Waals surface area contributed by atoms with Gasteiger partial charge in [0.25, 0.3) is 0 Å². The number of benzene rings is 1. The van der Waals surface area contributed by atoms with E-state index in [-0.39, 0.29) is 11.7 Å². The Bertz CT molecular complexity index is 842. The molecule has 0 saturated carbocycles. The zero-order chi connectivity index (χ0) is 19.5. The maximum absolute atomic E-state index is 9.19. The van der Waals surface area contributed by atoms with Crippen molar-refractivity contribution in [3.63, 3.8) is 0 Å². The van der Waals surface area contributed by atoms with Gasteiger partial charge in [0.2, 0.25) is 0 Å². The summed E-state index contributed by atoms with van der Waals surface area (Å²) in [6, 6.07) is 11.5. The molecule has 0 amide bonds. The van der Waals surface area contributed by atoms with Crippen molar-refractivity contribution in [1.29, 1.82) is 10.5 Å². The molecule has 6 nitrogen and oxygen atoms in total. The average molecular weight is 358 g/mol. The lowest BCUT2D eigenvalue weighted by Gasteiger charge is -2.24. The summed E-state index contributed by atoms with van der Waals surface area (Å²) in [5, 5.41) is 21.5. The Balaban J connectivity index is 2.05. The fourth-order valence-corrected chi connectivity index (χ4v) is 2.85. The molecule has 1 N–H and O–H groups in total. The lowest BCUT2D eigenvalue weighted by molar-refractivity contribution is 0.337. The van der Waals surface area contributed by atoms with Crippen molar-refractivity contribution in [3.05, 3.63) is 46.9 Å². The van der Waals surface area contributed by atoms with Crippen LogP contribution in [0.15, 0.2) is 45.8 Å². The maximum atomic E-state index is 9.19. The summed E-state index contributed by atoms with van der Waals surface area (Å²) in [7, 11) is 0. The summed E-state index contributed by atoms with van der Waals surface area (Å²) in [4.78, 5) is 9.75. The number of nitrogens with zero attached hydrogens (tertiary/aromatic N) is 5. The molecule has 0 spiro atoms. The maximum Gasteiger partial charge on any atom is 0.182 e. The van der Waals surface area contributed by atoms with E-state index in [1.54, 1.807) is 12.1 Å². The fraction of sp³-hybridized carbons (Fsp3) is 0.333. The zero-order valence-electron chi connectivity index (χ0n) is 15.3. The highest BCUT2D eigenvalue weighted by Gasteiger charge is 2.16. The number of nitrogens with one attached hydrogen (secondary N) is 1. The topological polar surface area (TPSA) is 87.6 Å². The van der Waals surface area contributed by atoms with Gasteiger partial charge in [-0.05, 0) is 57.0 Å². The number of rotatable bonds is 3. The predicted molar refractivity (Wildman–Crippen MR) is 107 cm³/mol. The molecule has 1 atom stereocenters. The molecule has 1 heterocycles. The van der Waals surface area contributed by atoms with E-state index in [9.17, 15) is 5.26 Å². The highest BCUT2D eigenvalue weighted by molar-refractivity contribution is 5.41. The second-order valence-electron chi connectivity index (χ2n) is 6.05. The molecule has 1 fully saturated rings. The minimum atomic E-state index is 0.0951. The molecule has 0 bridgehead atoms. The lowest BCUT2D eigenvalue weighted by atomic mass is 10.1. The van der Waals surface area contributed by atoms with Crippen molar-refractivity contribution in [2.24, 2.45) is 9.98 Å². The molecule has 1 unspecified atom stereocenters. The van der Waals surface area contributed by atoms with Crippen molar-refractivity contribution in [2.75, 3.05) is 19.6 Å². The summed E-state index contributed by atoms with van der Waals surface area (Å²) in [5.41, 5.74) is 1.72. The van der Waals surface area contributed by atoms with Crippen molar-refractivity contribution in [3.8, 4) is 24.0 Å². The van der Waals surface area contributed by atoms with Crippen molar-refractivity contribution < 1.29 is 0 Å². The molecule has 6 heteroatoms. The van der Waals surface area contributed by atoms with Crippen LogP contribution in [0.25, 0.3) is 0 Å². The van der Waals surface area contributed by atoms with Crippen LogP contribution in [-0.4, -0.2) is 44.0 Å². The van der Waals surface area contributed by atoms with Gasteiger partial charge >= 0.3 is 0 Å². The monoisotopic (exact) mass is 358 g/mol. The molecule has 1 aromatic rings. The molecular weight excluding hydrogens is 336 g/mol. The van der Waals surface area contributed by atoms with E-state index in [2.05, 4.69) is 46.6 Å². The molecule has 1 saturated heterocycles. The molecule has 1 aliphatic heterocycles. The van der Waals surface area contributed by atoms with E-state index in [1.807, 2.05) is 23.1 Å². The molecule has 1 aliphatic rings. The Hall–Kier alpha value is -3.40. The van der Waals surface area contributed by atoms with E-state index in [4.69, 9.17) is 5.26 Å². The zero-order valence-corrected chi connectivity index (χ0v) is 15.3. The highest BCUT2D eigenvalue weighted by Crippen LogP contribution is 2.15. The van der Waals surface area contributed by atoms with Crippen LogP contribution in [0.4, 0.5) is 0 Å². The molecule has 0 aliphatic carbocycles. The Labute approximate surface area is 160 Å². The van der Waals surface area contributed by atoms with Crippen LogP contribution in [0.5, 0.6) is 0 Å². The van der Waals surface area contributed by atoms with Crippen LogP contribution < -0.4 is 5.32 Å². The second kappa shape index (κ2) is 10.6. The van der Waals surface area contributed by atoms with E-state index in [1.165, 1.54) is 0 Å². The standard InChI is InChI=1S/C21H22N6/c1-24-20(16-23)21(25-2)27-13-4-3-5-19(26-12-14-27)11-10-17-6-8-18(15-22)9-7-17/h6-9,19,26H,1-5,12-14H2/b21-20+. The summed E-state index contributed by atoms with van der Waals surface area (Å²) in [6.07, 6.45) is 2.91. The first-order valence-electron chi connectivity index (χ1n) is 8.79. The number of hydrogen-bond donors (Lipinski definition) is 1. The van der Waals surface area contributed by atoms with Gasteiger partial charge in [-0.1, -0.05) is 11.8 Å². The van der Waals surface area contributed by atoms with Gasteiger partial charge in [-0.2, -0.15) is 10.5 Å². The van der Waals surface area contributed by atoms with Gasteiger partial charge in [0.1, 0.15) is 6.07 Å². The molecule has 0 radical (unpaired) electrons. The van der Waals surface area contributed by atoms with Gasteiger partial charge in [-0.25, -0.2) is 9.98 Å². The molecular formula is C21H22N6. The molecule has 27 heavy (non-hydrogen) atoms. The van der Waals surface area contributed by atoms with Gasteiger partial charge in [0, 0.05) is 25.2 Å². The second-order valence-corrected chi connectivity index (χ2v) is 6.05. The van der Waals surface area contributed by atoms with Gasteiger partial charge in [0.15, 0.2) is 11.5 Å². The predicted octanol–water partition coefficient (Wildman–Crippen LogP) is 2.45. The Morgan fingerprint density at radius 1 is 1.07 bits per heavy atom. The third-order valence-electron chi connectivity index (χ3n) is 4.27. The number of allylic oxidation sites excluding steroid dienone is 1. The van der Waals surface area contributed by atoms with Gasteiger partial charge in [0.05, 0.1) is 17.7 Å². The summed E-state index contributed by atoms with van der Waals surface area (Å²) >= 11 is 0. The minimum absolute atomic E-state index is 0.0951. The van der Waals surface area contributed by atoms with Crippen LogP contribution in [0.3, 0.4) is 0 Å². The van der Waals surface area contributed by atoms with E-state index in [0.717, 1.165) is 31.4 Å².